The fraction of sp³-hybridized carbons (Fsp3) is 0.188. The molecule has 0 radical (unpaired) electrons. The molecule has 0 atom stereocenters. The molecule has 2 aromatic rings. The fourth-order valence-electron chi connectivity index (χ4n) is 2.74. The van der Waals surface area contributed by atoms with Crippen molar-refractivity contribution < 1.29 is 23.4 Å². The maximum Gasteiger partial charge on any atom is 0.339 e. The molecule has 2 N–H and O–H groups in total. The van der Waals surface area contributed by atoms with Gasteiger partial charge in [0.1, 0.15) is 11.3 Å². The van der Waals surface area contributed by atoms with E-state index in [1.807, 2.05) is 6.07 Å². The first-order chi connectivity index (χ1) is 11.3. The zero-order chi connectivity index (χ0) is 17.5. The lowest BCUT2D eigenvalue weighted by Gasteiger charge is -2.28. The zero-order valence-corrected chi connectivity index (χ0v) is 14.0. The molecule has 0 fully saturated rings. The molecule has 3 rings (SSSR count). The highest BCUT2D eigenvalue weighted by Gasteiger charge is 2.30. The lowest BCUT2D eigenvalue weighted by molar-refractivity contribution is 0.0693. The lowest BCUT2D eigenvalue weighted by Crippen LogP contribution is -2.36. The number of fused-ring (bicyclic) bond motifs is 1. The smallest absolute Gasteiger partial charge is 0.339 e. The first-order valence-electron chi connectivity index (χ1n) is 7.13. The van der Waals surface area contributed by atoms with Crippen LogP contribution < -0.4 is 0 Å². The van der Waals surface area contributed by atoms with E-state index in [4.69, 9.17) is 16.7 Å². The summed E-state index contributed by atoms with van der Waals surface area (Å²) in [6.07, 6.45) is 0.493. The molecule has 126 valence electrons. The Kier molecular flexibility index (Phi) is 4.25. The Hall–Kier alpha value is -2.09. The van der Waals surface area contributed by atoms with Crippen molar-refractivity contribution in [2.24, 2.45) is 0 Å². The monoisotopic (exact) mass is 367 g/mol. The van der Waals surface area contributed by atoms with Gasteiger partial charge in [-0.2, -0.15) is 4.31 Å². The van der Waals surface area contributed by atoms with Crippen molar-refractivity contribution in [2.45, 2.75) is 17.9 Å². The largest absolute Gasteiger partial charge is 0.507 e. The van der Waals surface area contributed by atoms with Gasteiger partial charge in [0.15, 0.2) is 0 Å². The molecule has 0 aromatic heterocycles. The molecule has 1 aliphatic heterocycles. The molecule has 0 amide bonds. The van der Waals surface area contributed by atoms with Crippen LogP contribution in [0.4, 0.5) is 0 Å². The van der Waals surface area contributed by atoms with Crippen molar-refractivity contribution in [2.75, 3.05) is 6.54 Å². The molecular formula is C16H14ClNO5S. The van der Waals surface area contributed by atoms with Crippen LogP contribution in [0.1, 0.15) is 21.5 Å². The number of phenols is 1. The van der Waals surface area contributed by atoms with E-state index in [1.165, 1.54) is 10.4 Å². The number of benzene rings is 2. The average Bonchev–Trinajstić information content (AvgIpc) is 2.54. The van der Waals surface area contributed by atoms with Crippen LogP contribution in [0.3, 0.4) is 0 Å². The molecule has 0 aliphatic carbocycles. The van der Waals surface area contributed by atoms with E-state index in [9.17, 15) is 18.3 Å². The highest BCUT2D eigenvalue weighted by molar-refractivity contribution is 7.89. The standard InChI is InChI=1S/C16H14ClNO5S/c17-14-3-1-2-10-9-18(7-6-12(10)14)24(22,23)11-4-5-13(16(20)21)15(19)8-11/h1-5,8,19H,6-7,9H2,(H,20,21). The lowest BCUT2D eigenvalue weighted by atomic mass is 10.0. The number of carbonyl (C=O) groups is 1. The summed E-state index contributed by atoms with van der Waals surface area (Å²) < 4.78 is 26.8. The van der Waals surface area contributed by atoms with Gasteiger partial charge >= 0.3 is 5.97 Å². The van der Waals surface area contributed by atoms with E-state index in [1.54, 1.807) is 12.1 Å². The maximum atomic E-state index is 12.7. The van der Waals surface area contributed by atoms with Gasteiger partial charge in [0.2, 0.25) is 10.0 Å². The minimum Gasteiger partial charge on any atom is -0.507 e. The van der Waals surface area contributed by atoms with Crippen LogP contribution in [0.25, 0.3) is 0 Å². The van der Waals surface area contributed by atoms with Crippen molar-refractivity contribution >= 4 is 27.6 Å². The summed E-state index contributed by atoms with van der Waals surface area (Å²) in [5, 5.41) is 19.3. The first-order valence-corrected chi connectivity index (χ1v) is 8.95. The summed E-state index contributed by atoms with van der Waals surface area (Å²) in [6.45, 7) is 0.445. The van der Waals surface area contributed by atoms with Crippen LogP contribution in [-0.4, -0.2) is 35.5 Å². The predicted octanol–water partition coefficient (Wildman–Crippen LogP) is 2.49. The summed E-state index contributed by atoms with van der Waals surface area (Å²) in [5.41, 5.74) is 1.43. The SMILES string of the molecule is O=C(O)c1ccc(S(=O)(=O)N2CCc3c(Cl)cccc3C2)cc1O. The normalized spacial score (nSPS) is 15.0. The number of hydrogen-bond donors (Lipinski definition) is 2. The number of carboxylic acid groups (broad SMARTS) is 1. The average molecular weight is 368 g/mol. The summed E-state index contributed by atoms with van der Waals surface area (Å²) >= 11 is 6.13. The Morgan fingerprint density at radius 3 is 2.62 bits per heavy atom. The van der Waals surface area contributed by atoms with Crippen molar-refractivity contribution in [3.05, 3.63) is 58.1 Å². The quantitative estimate of drug-likeness (QED) is 0.869. The van der Waals surface area contributed by atoms with Crippen LogP contribution in [0.15, 0.2) is 41.3 Å². The van der Waals surface area contributed by atoms with E-state index in [2.05, 4.69) is 0 Å². The highest BCUT2D eigenvalue weighted by Crippen LogP contribution is 2.30. The fourth-order valence-corrected chi connectivity index (χ4v) is 4.47. The number of aromatic hydroxyl groups is 1. The van der Waals surface area contributed by atoms with Crippen LogP contribution in [0.5, 0.6) is 5.75 Å². The van der Waals surface area contributed by atoms with Crippen LogP contribution in [0, 0.1) is 0 Å². The molecule has 0 saturated heterocycles. The first kappa shape index (κ1) is 16.8. The predicted molar refractivity (Wildman–Crippen MR) is 87.8 cm³/mol. The van der Waals surface area contributed by atoms with Crippen LogP contribution in [0.2, 0.25) is 5.02 Å². The van der Waals surface area contributed by atoms with Gasteiger partial charge in [-0.25, -0.2) is 13.2 Å². The Labute approximate surface area is 144 Å². The second-order valence-electron chi connectivity index (χ2n) is 5.45. The van der Waals surface area contributed by atoms with Gasteiger partial charge in [-0.05, 0) is 35.7 Å². The summed E-state index contributed by atoms with van der Waals surface area (Å²) in [7, 11) is -3.85. The Morgan fingerprint density at radius 2 is 1.96 bits per heavy atom. The minimum atomic E-state index is -3.85. The number of aromatic carboxylic acids is 1. The number of hydrogen-bond acceptors (Lipinski definition) is 4. The van der Waals surface area contributed by atoms with Crippen molar-refractivity contribution in [1.82, 2.24) is 4.31 Å². The highest BCUT2D eigenvalue weighted by atomic mass is 35.5. The third-order valence-corrected chi connectivity index (χ3v) is 6.21. The van der Waals surface area contributed by atoms with Crippen molar-refractivity contribution in [3.8, 4) is 5.75 Å². The van der Waals surface area contributed by atoms with Gasteiger partial charge in [0.25, 0.3) is 0 Å². The second kappa shape index (κ2) is 6.08. The van der Waals surface area contributed by atoms with Gasteiger partial charge in [0, 0.05) is 24.2 Å². The molecule has 2 aromatic carbocycles. The molecule has 0 spiro atoms. The molecule has 0 bridgehead atoms. The number of nitrogens with zero attached hydrogens (tertiary/aromatic N) is 1. The van der Waals surface area contributed by atoms with Crippen molar-refractivity contribution in [3.63, 3.8) is 0 Å². The minimum absolute atomic E-state index is 0.143. The molecule has 1 heterocycles. The summed E-state index contributed by atoms with van der Waals surface area (Å²) in [5.74, 6) is -1.90. The number of sulfonamides is 1. The Balaban J connectivity index is 1.95. The third-order valence-electron chi connectivity index (χ3n) is 4.01. The Morgan fingerprint density at radius 1 is 1.21 bits per heavy atom. The van der Waals surface area contributed by atoms with E-state index in [0.29, 0.717) is 11.4 Å². The number of rotatable bonds is 3. The molecule has 1 aliphatic rings. The van der Waals surface area contributed by atoms with E-state index in [-0.39, 0.29) is 23.5 Å². The summed E-state index contributed by atoms with van der Waals surface area (Å²) in [6, 6.07) is 8.60. The topological polar surface area (TPSA) is 94.9 Å². The van der Waals surface area contributed by atoms with Crippen LogP contribution >= 0.6 is 11.6 Å². The van der Waals surface area contributed by atoms with E-state index >= 15 is 0 Å². The Bertz CT molecular complexity index is 926. The zero-order valence-electron chi connectivity index (χ0n) is 12.4. The maximum absolute atomic E-state index is 12.7. The second-order valence-corrected chi connectivity index (χ2v) is 7.80. The van der Waals surface area contributed by atoms with Gasteiger partial charge in [-0.1, -0.05) is 23.7 Å². The van der Waals surface area contributed by atoms with Gasteiger partial charge < -0.3 is 10.2 Å². The summed E-state index contributed by atoms with van der Waals surface area (Å²) in [4.78, 5) is 10.8. The molecule has 8 heteroatoms. The third kappa shape index (κ3) is 2.86. The van der Waals surface area contributed by atoms with Gasteiger partial charge in [-0.15, -0.1) is 0 Å². The number of carboxylic acids is 1. The van der Waals surface area contributed by atoms with Gasteiger partial charge in [0.05, 0.1) is 4.90 Å². The molecule has 24 heavy (non-hydrogen) atoms. The molecule has 6 nitrogen and oxygen atoms in total. The van der Waals surface area contributed by atoms with E-state index < -0.39 is 21.7 Å². The molecule has 0 saturated carbocycles. The molecule has 0 unspecified atom stereocenters. The van der Waals surface area contributed by atoms with Crippen LogP contribution in [-0.2, 0) is 23.0 Å². The molecular weight excluding hydrogens is 354 g/mol. The van der Waals surface area contributed by atoms with E-state index in [0.717, 1.165) is 23.3 Å². The van der Waals surface area contributed by atoms with Crippen molar-refractivity contribution in [1.29, 1.82) is 0 Å². The van der Waals surface area contributed by atoms with Gasteiger partial charge in [-0.3, -0.25) is 0 Å². The number of halogens is 1.